The van der Waals surface area contributed by atoms with Gasteiger partial charge in [0.15, 0.2) is 6.29 Å². The molecule has 1 aromatic rings. The summed E-state index contributed by atoms with van der Waals surface area (Å²) in [6.07, 6.45) is 1.61. The molecule has 3 nitrogen and oxygen atoms in total. The molecule has 2 fully saturated rings. The Morgan fingerprint density at radius 3 is 2.59 bits per heavy atom. The summed E-state index contributed by atoms with van der Waals surface area (Å²) in [5, 5.41) is 3.31. The van der Waals surface area contributed by atoms with Gasteiger partial charge >= 0.3 is 0 Å². The van der Waals surface area contributed by atoms with Gasteiger partial charge in [0.1, 0.15) is 5.82 Å². The smallest absolute Gasteiger partial charge is 0.184 e. The molecule has 2 aliphatic heterocycles. The molecule has 17 heavy (non-hydrogen) atoms. The minimum Gasteiger partial charge on any atom is -0.345 e. The van der Waals surface area contributed by atoms with Crippen LogP contribution in [0.3, 0.4) is 0 Å². The molecule has 2 saturated heterocycles. The van der Waals surface area contributed by atoms with E-state index in [0.29, 0.717) is 6.61 Å². The standard InChI is InChI=1S/C13H16FNO2/c14-11-3-1-10(2-4-11)12-16-9-13(17-12)5-7-15-8-6-13/h1-4,12,15H,5-9H2. The van der Waals surface area contributed by atoms with Crippen molar-refractivity contribution >= 4 is 0 Å². The molecule has 0 aromatic heterocycles. The molecule has 3 rings (SSSR count). The molecule has 1 spiro atoms. The summed E-state index contributed by atoms with van der Waals surface area (Å²) < 4.78 is 24.6. The Labute approximate surface area is 99.9 Å². The molecule has 1 aromatic carbocycles. The second-order valence-electron chi connectivity index (χ2n) is 4.75. The van der Waals surface area contributed by atoms with Crippen LogP contribution in [0.1, 0.15) is 24.7 Å². The molecule has 1 unspecified atom stereocenters. The number of rotatable bonds is 1. The van der Waals surface area contributed by atoms with Crippen LogP contribution in [0, 0.1) is 5.82 Å². The monoisotopic (exact) mass is 237 g/mol. The number of ether oxygens (including phenoxy) is 2. The van der Waals surface area contributed by atoms with E-state index in [0.717, 1.165) is 31.5 Å². The molecule has 0 amide bonds. The van der Waals surface area contributed by atoms with Gasteiger partial charge in [-0.15, -0.1) is 0 Å². The molecule has 0 bridgehead atoms. The lowest BCUT2D eigenvalue weighted by atomic mass is 9.94. The summed E-state index contributed by atoms with van der Waals surface area (Å²) in [5.74, 6) is -0.233. The van der Waals surface area contributed by atoms with E-state index >= 15 is 0 Å². The minimum atomic E-state index is -0.339. The highest BCUT2D eigenvalue weighted by Crippen LogP contribution is 2.38. The predicted molar refractivity (Wildman–Crippen MR) is 61.0 cm³/mol. The van der Waals surface area contributed by atoms with Gasteiger partial charge in [-0.3, -0.25) is 0 Å². The lowest BCUT2D eigenvalue weighted by Gasteiger charge is -2.31. The van der Waals surface area contributed by atoms with Gasteiger partial charge in [0, 0.05) is 5.56 Å². The van der Waals surface area contributed by atoms with E-state index in [1.807, 2.05) is 0 Å². The first-order chi connectivity index (χ1) is 8.27. The number of hydrogen-bond acceptors (Lipinski definition) is 3. The molecule has 0 saturated carbocycles. The SMILES string of the molecule is Fc1ccc(C2OCC3(CCNCC3)O2)cc1. The molecular formula is C13H16FNO2. The fourth-order valence-electron chi connectivity index (χ4n) is 2.45. The van der Waals surface area contributed by atoms with Gasteiger partial charge in [-0.05, 0) is 38.1 Å². The van der Waals surface area contributed by atoms with Crippen LogP contribution in [0.25, 0.3) is 0 Å². The molecule has 1 N–H and O–H groups in total. The normalized spacial score (nSPS) is 27.5. The maximum atomic E-state index is 12.8. The van der Waals surface area contributed by atoms with Gasteiger partial charge in [-0.2, -0.15) is 0 Å². The second kappa shape index (κ2) is 4.37. The van der Waals surface area contributed by atoms with Crippen LogP contribution in [-0.4, -0.2) is 25.3 Å². The number of nitrogens with one attached hydrogen (secondary N) is 1. The third-order valence-corrected chi connectivity index (χ3v) is 3.51. The van der Waals surface area contributed by atoms with E-state index in [1.165, 1.54) is 12.1 Å². The minimum absolute atomic E-state index is 0.135. The third-order valence-electron chi connectivity index (χ3n) is 3.51. The van der Waals surface area contributed by atoms with Crippen LogP contribution in [-0.2, 0) is 9.47 Å². The van der Waals surface area contributed by atoms with Crippen molar-refractivity contribution in [2.45, 2.75) is 24.7 Å². The lowest BCUT2D eigenvalue weighted by molar-refractivity contribution is -0.101. The molecule has 1 atom stereocenters. The van der Waals surface area contributed by atoms with Gasteiger partial charge in [0.2, 0.25) is 0 Å². The highest BCUT2D eigenvalue weighted by Gasteiger charge is 2.42. The van der Waals surface area contributed by atoms with Gasteiger partial charge in [-0.25, -0.2) is 4.39 Å². The summed E-state index contributed by atoms with van der Waals surface area (Å²) in [6.45, 7) is 2.58. The van der Waals surface area contributed by atoms with E-state index in [4.69, 9.17) is 9.47 Å². The predicted octanol–water partition coefficient (Wildman–Crippen LogP) is 1.99. The average molecular weight is 237 g/mol. The van der Waals surface area contributed by atoms with Crippen molar-refractivity contribution in [1.82, 2.24) is 5.32 Å². The maximum absolute atomic E-state index is 12.8. The van der Waals surface area contributed by atoms with E-state index in [-0.39, 0.29) is 17.7 Å². The van der Waals surface area contributed by atoms with Crippen LogP contribution in [0.4, 0.5) is 4.39 Å². The number of hydrogen-bond donors (Lipinski definition) is 1. The first-order valence-corrected chi connectivity index (χ1v) is 6.03. The Morgan fingerprint density at radius 1 is 1.18 bits per heavy atom. The van der Waals surface area contributed by atoms with Crippen LogP contribution >= 0.6 is 0 Å². The van der Waals surface area contributed by atoms with E-state index in [2.05, 4.69) is 5.32 Å². The summed E-state index contributed by atoms with van der Waals surface area (Å²) in [4.78, 5) is 0. The fourth-order valence-corrected chi connectivity index (χ4v) is 2.45. The highest BCUT2D eigenvalue weighted by molar-refractivity contribution is 5.18. The third kappa shape index (κ3) is 2.20. The van der Waals surface area contributed by atoms with Gasteiger partial charge in [0.25, 0.3) is 0 Å². The quantitative estimate of drug-likeness (QED) is 0.810. The first kappa shape index (κ1) is 11.1. The van der Waals surface area contributed by atoms with Crippen LogP contribution < -0.4 is 5.32 Å². The van der Waals surface area contributed by atoms with Crippen molar-refractivity contribution in [3.63, 3.8) is 0 Å². The van der Waals surface area contributed by atoms with Crippen molar-refractivity contribution in [1.29, 1.82) is 0 Å². The van der Waals surface area contributed by atoms with Crippen molar-refractivity contribution in [2.24, 2.45) is 0 Å². The Morgan fingerprint density at radius 2 is 1.88 bits per heavy atom. The van der Waals surface area contributed by atoms with Gasteiger partial charge < -0.3 is 14.8 Å². The lowest BCUT2D eigenvalue weighted by Crippen LogP contribution is -2.43. The summed E-state index contributed by atoms with van der Waals surface area (Å²) in [5.41, 5.74) is 0.756. The van der Waals surface area contributed by atoms with Gasteiger partial charge in [-0.1, -0.05) is 12.1 Å². The van der Waals surface area contributed by atoms with Crippen molar-refractivity contribution in [2.75, 3.05) is 19.7 Å². The van der Waals surface area contributed by atoms with Crippen LogP contribution in [0.2, 0.25) is 0 Å². The fraction of sp³-hybridized carbons (Fsp3) is 0.538. The topological polar surface area (TPSA) is 30.5 Å². The zero-order valence-electron chi connectivity index (χ0n) is 9.62. The Bertz CT molecular complexity index is 387. The molecule has 0 radical (unpaired) electrons. The Kier molecular flexibility index (Phi) is 2.86. The van der Waals surface area contributed by atoms with Crippen molar-refractivity contribution in [3.8, 4) is 0 Å². The molecular weight excluding hydrogens is 221 g/mol. The molecule has 92 valence electrons. The summed E-state index contributed by atoms with van der Waals surface area (Å²) in [6, 6.07) is 6.32. The Hall–Kier alpha value is -0.970. The average Bonchev–Trinajstić information content (AvgIpc) is 2.75. The zero-order chi connectivity index (χ0) is 11.7. The number of piperidine rings is 1. The molecule has 0 aliphatic carbocycles. The maximum Gasteiger partial charge on any atom is 0.184 e. The van der Waals surface area contributed by atoms with Crippen molar-refractivity contribution < 1.29 is 13.9 Å². The number of benzene rings is 1. The van der Waals surface area contributed by atoms with E-state index in [9.17, 15) is 4.39 Å². The highest BCUT2D eigenvalue weighted by atomic mass is 19.1. The van der Waals surface area contributed by atoms with E-state index in [1.54, 1.807) is 12.1 Å². The first-order valence-electron chi connectivity index (χ1n) is 6.03. The summed E-state index contributed by atoms with van der Waals surface area (Å²) in [7, 11) is 0. The molecule has 2 heterocycles. The summed E-state index contributed by atoms with van der Waals surface area (Å²) >= 11 is 0. The Balaban J connectivity index is 1.72. The van der Waals surface area contributed by atoms with Crippen molar-refractivity contribution in [3.05, 3.63) is 35.6 Å². The van der Waals surface area contributed by atoms with E-state index < -0.39 is 0 Å². The van der Waals surface area contributed by atoms with Gasteiger partial charge in [0.05, 0.1) is 12.2 Å². The molecule has 2 aliphatic rings. The zero-order valence-corrected chi connectivity index (χ0v) is 9.62. The number of halogens is 1. The largest absolute Gasteiger partial charge is 0.345 e. The molecule has 4 heteroatoms. The second-order valence-corrected chi connectivity index (χ2v) is 4.75. The van der Waals surface area contributed by atoms with Crippen LogP contribution in [0.15, 0.2) is 24.3 Å². The van der Waals surface area contributed by atoms with Crippen LogP contribution in [0.5, 0.6) is 0 Å².